The summed E-state index contributed by atoms with van der Waals surface area (Å²) in [6.45, 7) is 7.77. The van der Waals surface area contributed by atoms with Crippen molar-refractivity contribution in [2.45, 2.75) is 52.6 Å². The fraction of sp³-hybridized carbons (Fsp3) is 0.588. The van der Waals surface area contributed by atoms with Crippen molar-refractivity contribution in [2.24, 2.45) is 5.92 Å². The van der Waals surface area contributed by atoms with Crippen LogP contribution < -0.4 is 5.32 Å². The standard InChI is InChI=1S/C17H27N3/c1-5-9-13(3)15(18-4)12-17-19-14-10-7-8-11-16(14)20(17)6-2/h7-8,10-11,13,15,18H,5-6,9,12H2,1-4H3. The number of fused-ring (bicyclic) bond motifs is 1. The van der Waals surface area contributed by atoms with Gasteiger partial charge in [-0.2, -0.15) is 0 Å². The highest BCUT2D eigenvalue weighted by atomic mass is 15.1. The van der Waals surface area contributed by atoms with E-state index < -0.39 is 0 Å². The number of hydrogen-bond acceptors (Lipinski definition) is 2. The summed E-state index contributed by atoms with van der Waals surface area (Å²) in [7, 11) is 2.07. The van der Waals surface area contributed by atoms with Gasteiger partial charge in [0, 0.05) is 19.0 Å². The lowest BCUT2D eigenvalue weighted by atomic mass is 9.94. The number of hydrogen-bond donors (Lipinski definition) is 1. The molecule has 0 amide bonds. The van der Waals surface area contributed by atoms with Gasteiger partial charge in [0.1, 0.15) is 5.82 Å². The van der Waals surface area contributed by atoms with Gasteiger partial charge < -0.3 is 9.88 Å². The highest BCUT2D eigenvalue weighted by Gasteiger charge is 2.19. The van der Waals surface area contributed by atoms with Gasteiger partial charge in [0.2, 0.25) is 0 Å². The molecule has 0 fully saturated rings. The van der Waals surface area contributed by atoms with Crippen LogP contribution in [-0.2, 0) is 13.0 Å². The molecule has 0 radical (unpaired) electrons. The first-order valence-corrected chi connectivity index (χ1v) is 7.82. The summed E-state index contributed by atoms with van der Waals surface area (Å²) in [5, 5.41) is 3.48. The number of imidazole rings is 1. The molecule has 1 heterocycles. The summed E-state index contributed by atoms with van der Waals surface area (Å²) < 4.78 is 2.35. The summed E-state index contributed by atoms with van der Waals surface area (Å²) >= 11 is 0. The SMILES string of the molecule is CCCC(C)C(Cc1nc2ccccc2n1CC)NC. The minimum atomic E-state index is 0.497. The molecular weight excluding hydrogens is 246 g/mol. The molecule has 20 heavy (non-hydrogen) atoms. The van der Waals surface area contributed by atoms with Crippen LogP contribution >= 0.6 is 0 Å². The Kier molecular flexibility index (Phi) is 5.18. The summed E-state index contributed by atoms with van der Waals surface area (Å²) in [6.07, 6.45) is 3.50. The minimum absolute atomic E-state index is 0.497. The molecule has 110 valence electrons. The zero-order valence-electron chi connectivity index (χ0n) is 13.2. The Balaban J connectivity index is 2.27. The van der Waals surface area contributed by atoms with E-state index in [9.17, 15) is 0 Å². The van der Waals surface area contributed by atoms with Crippen molar-refractivity contribution in [2.75, 3.05) is 7.05 Å². The number of aryl methyl sites for hydroxylation is 1. The lowest BCUT2D eigenvalue weighted by molar-refractivity contribution is 0.364. The summed E-state index contributed by atoms with van der Waals surface area (Å²) in [5.74, 6) is 1.88. The molecule has 2 atom stereocenters. The van der Waals surface area contributed by atoms with Gasteiger partial charge in [-0.25, -0.2) is 4.98 Å². The van der Waals surface area contributed by atoms with Gasteiger partial charge >= 0.3 is 0 Å². The summed E-state index contributed by atoms with van der Waals surface area (Å²) in [4.78, 5) is 4.84. The van der Waals surface area contributed by atoms with Gasteiger partial charge in [-0.15, -0.1) is 0 Å². The average molecular weight is 273 g/mol. The van der Waals surface area contributed by atoms with Crippen LogP contribution in [0.25, 0.3) is 11.0 Å². The summed E-state index contributed by atoms with van der Waals surface area (Å²) in [6, 6.07) is 8.93. The quantitative estimate of drug-likeness (QED) is 0.835. The lowest BCUT2D eigenvalue weighted by Crippen LogP contribution is -2.35. The highest BCUT2D eigenvalue weighted by Crippen LogP contribution is 2.20. The topological polar surface area (TPSA) is 29.9 Å². The van der Waals surface area contributed by atoms with Crippen LogP contribution in [0.1, 0.15) is 39.4 Å². The second-order valence-corrected chi connectivity index (χ2v) is 5.63. The molecule has 3 nitrogen and oxygen atoms in total. The number of aromatic nitrogens is 2. The van der Waals surface area contributed by atoms with Gasteiger partial charge in [-0.3, -0.25) is 0 Å². The Bertz CT molecular complexity index is 544. The number of nitrogens with zero attached hydrogens (tertiary/aromatic N) is 2. The van der Waals surface area contributed by atoms with Crippen molar-refractivity contribution < 1.29 is 0 Å². The van der Waals surface area contributed by atoms with E-state index >= 15 is 0 Å². The van der Waals surface area contributed by atoms with E-state index in [1.807, 2.05) is 0 Å². The van der Waals surface area contributed by atoms with Crippen molar-refractivity contribution in [3.8, 4) is 0 Å². The van der Waals surface area contributed by atoms with Crippen molar-refractivity contribution in [1.29, 1.82) is 0 Å². The van der Waals surface area contributed by atoms with E-state index in [-0.39, 0.29) is 0 Å². The molecule has 0 saturated carbocycles. The van der Waals surface area contributed by atoms with Crippen LogP contribution in [0.5, 0.6) is 0 Å². The molecule has 1 aromatic carbocycles. The predicted octanol–water partition coefficient (Wildman–Crippen LogP) is 3.62. The fourth-order valence-corrected chi connectivity index (χ4v) is 3.08. The normalized spacial score (nSPS) is 14.6. The fourth-order valence-electron chi connectivity index (χ4n) is 3.08. The van der Waals surface area contributed by atoms with Crippen molar-refractivity contribution in [3.05, 3.63) is 30.1 Å². The minimum Gasteiger partial charge on any atom is -0.328 e. The zero-order chi connectivity index (χ0) is 14.5. The van der Waals surface area contributed by atoms with E-state index in [2.05, 4.69) is 62.0 Å². The first kappa shape index (κ1) is 15.0. The maximum atomic E-state index is 4.84. The van der Waals surface area contributed by atoms with Crippen molar-refractivity contribution in [3.63, 3.8) is 0 Å². The monoisotopic (exact) mass is 273 g/mol. The van der Waals surface area contributed by atoms with Crippen LogP contribution in [0.3, 0.4) is 0 Å². The number of nitrogens with one attached hydrogen (secondary N) is 1. The third-order valence-corrected chi connectivity index (χ3v) is 4.25. The van der Waals surface area contributed by atoms with E-state index in [1.54, 1.807) is 0 Å². The largest absolute Gasteiger partial charge is 0.328 e. The highest BCUT2D eigenvalue weighted by molar-refractivity contribution is 5.75. The molecule has 0 bridgehead atoms. The molecule has 2 aromatic rings. The summed E-state index contributed by atoms with van der Waals surface area (Å²) in [5.41, 5.74) is 2.37. The Hall–Kier alpha value is -1.35. The molecule has 2 rings (SSSR count). The van der Waals surface area contributed by atoms with Gasteiger partial charge in [-0.05, 0) is 38.4 Å². The third kappa shape index (κ3) is 3.04. The van der Waals surface area contributed by atoms with Crippen LogP contribution in [0.4, 0.5) is 0 Å². The number of benzene rings is 1. The zero-order valence-corrected chi connectivity index (χ0v) is 13.2. The number of para-hydroxylation sites is 2. The Morgan fingerprint density at radius 3 is 2.65 bits per heavy atom. The Morgan fingerprint density at radius 1 is 1.25 bits per heavy atom. The van der Waals surface area contributed by atoms with Crippen LogP contribution in [-0.4, -0.2) is 22.6 Å². The first-order chi connectivity index (χ1) is 9.71. The van der Waals surface area contributed by atoms with E-state index in [0.717, 1.165) is 18.5 Å². The second-order valence-electron chi connectivity index (χ2n) is 5.63. The number of likely N-dealkylation sites (N-methyl/N-ethyl adjacent to an activating group) is 1. The first-order valence-electron chi connectivity index (χ1n) is 7.82. The number of rotatable bonds is 7. The molecular formula is C17H27N3. The van der Waals surface area contributed by atoms with Gasteiger partial charge in [0.05, 0.1) is 11.0 Å². The average Bonchev–Trinajstić information content (AvgIpc) is 2.82. The van der Waals surface area contributed by atoms with Crippen LogP contribution in [0, 0.1) is 5.92 Å². The molecule has 1 N–H and O–H groups in total. The molecule has 0 aliphatic carbocycles. The molecule has 0 aliphatic rings. The second kappa shape index (κ2) is 6.89. The van der Waals surface area contributed by atoms with E-state index in [0.29, 0.717) is 12.0 Å². The smallest absolute Gasteiger partial charge is 0.111 e. The Labute approximate surface area is 122 Å². The maximum Gasteiger partial charge on any atom is 0.111 e. The molecule has 2 unspecified atom stereocenters. The van der Waals surface area contributed by atoms with Gasteiger partial charge in [0.15, 0.2) is 0 Å². The van der Waals surface area contributed by atoms with Crippen LogP contribution in [0.15, 0.2) is 24.3 Å². The lowest BCUT2D eigenvalue weighted by Gasteiger charge is -2.23. The molecule has 0 aliphatic heterocycles. The van der Waals surface area contributed by atoms with Gasteiger partial charge in [0.25, 0.3) is 0 Å². The third-order valence-electron chi connectivity index (χ3n) is 4.25. The van der Waals surface area contributed by atoms with E-state index in [4.69, 9.17) is 4.98 Å². The molecule has 0 spiro atoms. The van der Waals surface area contributed by atoms with Crippen molar-refractivity contribution >= 4 is 11.0 Å². The van der Waals surface area contributed by atoms with Gasteiger partial charge in [-0.1, -0.05) is 32.4 Å². The van der Waals surface area contributed by atoms with Crippen LogP contribution in [0.2, 0.25) is 0 Å². The molecule has 1 aromatic heterocycles. The predicted molar refractivity (Wildman–Crippen MR) is 86.0 cm³/mol. The van der Waals surface area contributed by atoms with E-state index in [1.165, 1.54) is 24.2 Å². The maximum absolute atomic E-state index is 4.84. The van der Waals surface area contributed by atoms with Crippen molar-refractivity contribution in [1.82, 2.24) is 14.9 Å². The Morgan fingerprint density at radius 2 is 2.00 bits per heavy atom. The molecule has 0 saturated heterocycles. The molecule has 3 heteroatoms.